The van der Waals surface area contributed by atoms with Gasteiger partial charge in [-0.15, -0.1) is 0 Å². The van der Waals surface area contributed by atoms with Gasteiger partial charge in [0.05, 0.1) is 11.0 Å². The summed E-state index contributed by atoms with van der Waals surface area (Å²) in [6, 6.07) is 8.15. The Hall–Kier alpha value is -1.64. The molecule has 1 aromatic carbocycles. The lowest BCUT2D eigenvalue weighted by Gasteiger charge is -2.56. The minimum atomic E-state index is 0.151. The van der Waals surface area contributed by atoms with Crippen LogP contribution < -0.4 is 0 Å². The van der Waals surface area contributed by atoms with Crippen molar-refractivity contribution in [1.29, 1.82) is 0 Å². The Morgan fingerprint density at radius 1 is 1.00 bits per heavy atom. The highest BCUT2D eigenvalue weighted by Crippen LogP contribution is 2.64. The van der Waals surface area contributed by atoms with Crippen LogP contribution in [0.15, 0.2) is 24.3 Å². The predicted molar refractivity (Wildman–Crippen MR) is 125 cm³/mol. The maximum Gasteiger partial charge on any atom is 0.201 e. The number of Topliss-reactive ketones (excluding diaryl/α,β-unsaturated/α-hetero) is 1. The molecule has 0 spiro atoms. The summed E-state index contributed by atoms with van der Waals surface area (Å²) in [7, 11) is 2.01. The van der Waals surface area contributed by atoms with Crippen LogP contribution in [-0.2, 0) is 7.05 Å². The molecule has 166 valence electrons. The zero-order valence-electron chi connectivity index (χ0n) is 19.5. The van der Waals surface area contributed by atoms with Crippen molar-refractivity contribution in [3.63, 3.8) is 0 Å². The second-order valence-corrected chi connectivity index (χ2v) is 11.9. The SMILES string of the molecule is CC1CCC2C(CCC3C2CCC2(C)C(C(=O)c4nc5ccccc5n4C)CCC32)C1. The van der Waals surface area contributed by atoms with Gasteiger partial charge in [0.25, 0.3) is 0 Å². The van der Waals surface area contributed by atoms with Crippen LogP contribution in [0.1, 0.15) is 82.3 Å². The predicted octanol–water partition coefficient (Wildman–Crippen LogP) is 6.66. The highest BCUT2D eigenvalue weighted by molar-refractivity contribution is 5.98. The molecule has 0 aliphatic heterocycles. The number of para-hydroxylation sites is 2. The molecular weight excluding hydrogens is 380 g/mol. The van der Waals surface area contributed by atoms with Crippen LogP contribution in [0.5, 0.6) is 0 Å². The fourth-order valence-electron chi connectivity index (χ4n) is 9.04. The van der Waals surface area contributed by atoms with Crippen molar-refractivity contribution in [2.75, 3.05) is 0 Å². The van der Waals surface area contributed by atoms with Crippen molar-refractivity contribution in [3.8, 4) is 0 Å². The number of fused-ring (bicyclic) bond motifs is 6. The van der Waals surface area contributed by atoms with Gasteiger partial charge in [0.1, 0.15) is 0 Å². The molecule has 4 aliphatic carbocycles. The van der Waals surface area contributed by atoms with Crippen LogP contribution in [0.25, 0.3) is 11.0 Å². The van der Waals surface area contributed by atoms with E-state index in [1.165, 1.54) is 51.4 Å². The molecule has 0 bridgehead atoms. The van der Waals surface area contributed by atoms with Crippen molar-refractivity contribution in [1.82, 2.24) is 9.55 Å². The van der Waals surface area contributed by atoms with Crippen molar-refractivity contribution >= 4 is 16.8 Å². The maximum atomic E-state index is 13.8. The molecule has 6 rings (SSSR count). The van der Waals surface area contributed by atoms with E-state index in [0.29, 0.717) is 11.6 Å². The molecule has 0 N–H and O–H groups in total. The van der Waals surface area contributed by atoms with Gasteiger partial charge < -0.3 is 4.57 Å². The average molecular weight is 419 g/mol. The summed E-state index contributed by atoms with van der Waals surface area (Å²) in [5.74, 6) is 6.60. The van der Waals surface area contributed by atoms with Gasteiger partial charge in [-0.05, 0) is 104 Å². The Labute approximate surface area is 187 Å². The lowest BCUT2D eigenvalue weighted by molar-refractivity contribution is -0.0635. The second kappa shape index (κ2) is 7.18. The van der Waals surface area contributed by atoms with E-state index in [-0.39, 0.29) is 11.3 Å². The highest BCUT2D eigenvalue weighted by atomic mass is 16.1. The first-order chi connectivity index (χ1) is 15.0. The molecule has 1 heterocycles. The standard InChI is InChI=1S/C28H38N2O/c1-17-8-10-19-18(16-17)9-11-21-20(19)14-15-28(2)22(21)12-13-23(28)26(31)27-29-24-6-4-5-7-25(24)30(27)3/h4-7,17-23H,8-16H2,1-3H3. The lowest BCUT2D eigenvalue weighted by Crippen LogP contribution is -2.49. The van der Waals surface area contributed by atoms with Crippen molar-refractivity contribution in [3.05, 3.63) is 30.1 Å². The van der Waals surface area contributed by atoms with E-state index in [2.05, 4.69) is 19.9 Å². The van der Waals surface area contributed by atoms with Gasteiger partial charge in [-0.3, -0.25) is 4.79 Å². The Kier molecular flexibility index (Phi) is 4.64. The van der Waals surface area contributed by atoms with Gasteiger partial charge in [0, 0.05) is 13.0 Å². The molecule has 3 heteroatoms. The summed E-state index contributed by atoms with van der Waals surface area (Å²) in [4.78, 5) is 18.6. The summed E-state index contributed by atoms with van der Waals surface area (Å²) in [5, 5.41) is 0. The number of nitrogens with zero attached hydrogens (tertiary/aromatic N) is 2. The normalized spacial score (nSPS) is 42.1. The van der Waals surface area contributed by atoms with Crippen molar-refractivity contribution in [2.45, 2.75) is 71.6 Å². The zero-order chi connectivity index (χ0) is 21.3. The molecule has 0 saturated heterocycles. The van der Waals surface area contributed by atoms with E-state index in [4.69, 9.17) is 4.98 Å². The number of hydrogen-bond acceptors (Lipinski definition) is 2. The Balaban J connectivity index is 1.27. The number of carbonyl (C=O) groups is 1. The van der Waals surface area contributed by atoms with Gasteiger partial charge >= 0.3 is 0 Å². The number of carbonyl (C=O) groups excluding carboxylic acids is 1. The molecular formula is C28H38N2O. The average Bonchev–Trinajstić information content (AvgIpc) is 3.30. The number of imidazole rings is 1. The molecule has 4 saturated carbocycles. The molecule has 0 radical (unpaired) electrons. The number of aryl methyl sites for hydroxylation is 1. The molecule has 2 aromatic rings. The summed E-state index contributed by atoms with van der Waals surface area (Å²) >= 11 is 0. The summed E-state index contributed by atoms with van der Waals surface area (Å²) in [6.07, 6.45) is 12.2. The number of hydrogen-bond donors (Lipinski definition) is 0. The summed E-state index contributed by atoms with van der Waals surface area (Å²) in [6.45, 7) is 4.94. The molecule has 31 heavy (non-hydrogen) atoms. The van der Waals surface area contributed by atoms with E-state index >= 15 is 0 Å². The van der Waals surface area contributed by atoms with E-state index < -0.39 is 0 Å². The van der Waals surface area contributed by atoms with E-state index in [9.17, 15) is 4.79 Å². The Bertz CT molecular complexity index is 1010. The third kappa shape index (κ3) is 2.91. The minimum Gasteiger partial charge on any atom is -0.325 e. The van der Waals surface area contributed by atoms with Gasteiger partial charge in [-0.25, -0.2) is 4.98 Å². The second-order valence-electron chi connectivity index (χ2n) is 11.9. The van der Waals surface area contributed by atoms with E-state index in [1.807, 2.05) is 29.8 Å². The van der Waals surface area contributed by atoms with Crippen LogP contribution in [-0.4, -0.2) is 15.3 Å². The largest absolute Gasteiger partial charge is 0.325 e. The topological polar surface area (TPSA) is 34.9 Å². The number of rotatable bonds is 2. The molecule has 4 fully saturated rings. The Morgan fingerprint density at radius 2 is 1.81 bits per heavy atom. The smallest absolute Gasteiger partial charge is 0.201 e. The fourth-order valence-corrected chi connectivity index (χ4v) is 9.04. The zero-order valence-corrected chi connectivity index (χ0v) is 19.5. The number of aromatic nitrogens is 2. The monoisotopic (exact) mass is 418 g/mol. The summed E-state index contributed by atoms with van der Waals surface area (Å²) in [5.41, 5.74) is 2.19. The van der Waals surface area contributed by atoms with Gasteiger partial charge in [-0.2, -0.15) is 0 Å². The first-order valence-corrected chi connectivity index (χ1v) is 12.9. The van der Waals surface area contributed by atoms with Crippen molar-refractivity contribution < 1.29 is 4.79 Å². The fraction of sp³-hybridized carbons (Fsp3) is 0.714. The molecule has 1 aromatic heterocycles. The third-order valence-electron chi connectivity index (χ3n) is 10.5. The molecule has 0 amide bonds. The number of ketones is 1. The first kappa shape index (κ1) is 20.0. The van der Waals surface area contributed by atoms with E-state index in [1.54, 1.807) is 0 Å². The lowest BCUT2D eigenvalue weighted by atomic mass is 9.49. The first-order valence-electron chi connectivity index (χ1n) is 12.9. The van der Waals surface area contributed by atoms with Crippen LogP contribution in [0.3, 0.4) is 0 Å². The summed E-state index contributed by atoms with van der Waals surface area (Å²) < 4.78 is 2.04. The van der Waals surface area contributed by atoms with Crippen LogP contribution in [0.2, 0.25) is 0 Å². The molecule has 4 aliphatic rings. The van der Waals surface area contributed by atoms with E-state index in [0.717, 1.165) is 53.0 Å². The Morgan fingerprint density at radius 3 is 2.65 bits per heavy atom. The minimum absolute atomic E-state index is 0.151. The highest BCUT2D eigenvalue weighted by Gasteiger charge is 2.58. The van der Waals surface area contributed by atoms with Crippen LogP contribution in [0.4, 0.5) is 0 Å². The van der Waals surface area contributed by atoms with Crippen LogP contribution in [0, 0.1) is 46.8 Å². The molecule has 8 unspecified atom stereocenters. The molecule has 8 atom stereocenters. The molecule has 3 nitrogen and oxygen atoms in total. The van der Waals surface area contributed by atoms with Crippen LogP contribution >= 0.6 is 0 Å². The number of benzene rings is 1. The quantitative estimate of drug-likeness (QED) is 0.511. The maximum absolute atomic E-state index is 13.8. The third-order valence-corrected chi connectivity index (χ3v) is 10.5. The van der Waals surface area contributed by atoms with Gasteiger partial charge in [0.15, 0.2) is 5.82 Å². The van der Waals surface area contributed by atoms with Crippen molar-refractivity contribution in [2.24, 2.45) is 53.9 Å². The van der Waals surface area contributed by atoms with Gasteiger partial charge in [-0.1, -0.05) is 32.4 Å². The van der Waals surface area contributed by atoms with Gasteiger partial charge in [0.2, 0.25) is 5.78 Å².